The Bertz CT molecular complexity index is 456. The van der Waals surface area contributed by atoms with Gasteiger partial charge < -0.3 is 4.74 Å². The highest BCUT2D eigenvalue weighted by atomic mass is 79.9. The van der Waals surface area contributed by atoms with Crippen molar-refractivity contribution in [1.82, 2.24) is 4.98 Å². The first-order valence-electron chi connectivity index (χ1n) is 4.34. The van der Waals surface area contributed by atoms with Crippen molar-refractivity contribution >= 4 is 26.8 Å². The van der Waals surface area contributed by atoms with Gasteiger partial charge in [0.2, 0.25) is 0 Å². The summed E-state index contributed by atoms with van der Waals surface area (Å²) in [6.07, 6.45) is 0. The normalized spacial score (nSPS) is 10.7. The van der Waals surface area contributed by atoms with Gasteiger partial charge in [-0.25, -0.2) is 0 Å². The summed E-state index contributed by atoms with van der Waals surface area (Å²) in [4.78, 5) is 4.46. The number of rotatable bonds is 2. The second kappa shape index (κ2) is 4.07. The molecule has 72 valence electrons. The van der Waals surface area contributed by atoms with Crippen LogP contribution in [0.4, 0.5) is 0 Å². The molecule has 2 rings (SSSR count). The summed E-state index contributed by atoms with van der Waals surface area (Å²) in [5.41, 5.74) is 1.96. The molecule has 0 saturated carbocycles. The van der Waals surface area contributed by atoms with Crippen molar-refractivity contribution in [3.05, 3.63) is 40.5 Å². The number of hydrogen-bond acceptors (Lipinski definition) is 2. The number of halogens is 1. The van der Waals surface area contributed by atoms with E-state index in [-0.39, 0.29) is 0 Å². The van der Waals surface area contributed by atoms with Gasteiger partial charge in [0.05, 0.1) is 17.8 Å². The van der Waals surface area contributed by atoms with Crippen LogP contribution in [0.25, 0.3) is 10.9 Å². The standard InChI is InChI=1S/C11H10BrNO/c1-14-7-10-4-2-8-6-9(12)3-5-11(8)13-10/h2-6H,7H2,1H3. The summed E-state index contributed by atoms with van der Waals surface area (Å²) in [7, 11) is 1.67. The lowest BCUT2D eigenvalue weighted by Gasteiger charge is -2.01. The van der Waals surface area contributed by atoms with E-state index in [2.05, 4.69) is 33.0 Å². The van der Waals surface area contributed by atoms with Crippen LogP contribution in [0.15, 0.2) is 34.8 Å². The SMILES string of the molecule is COCc1ccc2cc(Br)ccc2n1. The fraction of sp³-hybridized carbons (Fsp3) is 0.182. The third-order valence-corrected chi connectivity index (χ3v) is 2.49. The summed E-state index contributed by atoms with van der Waals surface area (Å²) in [5, 5.41) is 1.14. The van der Waals surface area contributed by atoms with Crippen LogP contribution >= 0.6 is 15.9 Å². The number of fused-ring (bicyclic) bond motifs is 1. The number of nitrogens with zero attached hydrogens (tertiary/aromatic N) is 1. The van der Waals surface area contributed by atoms with Crippen molar-refractivity contribution in [3.63, 3.8) is 0 Å². The first kappa shape index (κ1) is 9.62. The van der Waals surface area contributed by atoms with E-state index in [1.165, 1.54) is 0 Å². The van der Waals surface area contributed by atoms with E-state index in [4.69, 9.17) is 4.74 Å². The molecule has 14 heavy (non-hydrogen) atoms. The topological polar surface area (TPSA) is 22.1 Å². The van der Waals surface area contributed by atoms with Crippen LogP contribution < -0.4 is 0 Å². The van der Waals surface area contributed by atoms with E-state index in [0.29, 0.717) is 6.61 Å². The summed E-state index contributed by atoms with van der Waals surface area (Å²) in [6.45, 7) is 0.562. The molecule has 0 unspecified atom stereocenters. The zero-order valence-electron chi connectivity index (χ0n) is 7.83. The number of ether oxygens (including phenoxy) is 1. The van der Waals surface area contributed by atoms with E-state index >= 15 is 0 Å². The van der Waals surface area contributed by atoms with Gasteiger partial charge in [-0.15, -0.1) is 0 Å². The minimum atomic E-state index is 0.562. The number of benzene rings is 1. The molecule has 3 heteroatoms. The predicted molar refractivity (Wildman–Crippen MR) is 60.2 cm³/mol. The average molecular weight is 252 g/mol. The monoisotopic (exact) mass is 251 g/mol. The third kappa shape index (κ3) is 1.94. The van der Waals surface area contributed by atoms with E-state index < -0.39 is 0 Å². The van der Waals surface area contributed by atoms with Crippen LogP contribution in [0.5, 0.6) is 0 Å². The van der Waals surface area contributed by atoms with Crippen LogP contribution in [0.2, 0.25) is 0 Å². The maximum Gasteiger partial charge on any atom is 0.0884 e. The lowest BCUT2D eigenvalue weighted by atomic mass is 10.2. The maximum absolute atomic E-state index is 5.03. The van der Waals surface area contributed by atoms with Crippen molar-refractivity contribution in [2.45, 2.75) is 6.61 Å². The van der Waals surface area contributed by atoms with Crippen molar-refractivity contribution in [3.8, 4) is 0 Å². The van der Waals surface area contributed by atoms with Crippen LogP contribution in [0, 0.1) is 0 Å². The molecule has 0 fully saturated rings. The van der Waals surface area contributed by atoms with Crippen molar-refractivity contribution in [1.29, 1.82) is 0 Å². The molecule has 1 aromatic carbocycles. The molecule has 2 aromatic rings. The quantitative estimate of drug-likeness (QED) is 0.819. The van der Waals surface area contributed by atoms with E-state index in [1.807, 2.05) is 18.2 Å². The molecule has 2 nitrogen and oxygen atoms in total. The number of methoxy groups -OCH3 is 1. The van der Waals surface area contributed by atoms with Crippen LogP contribution in [-0.4, -0.2) is 12.1 Å². The summed E-state index contributed by atoms with van der Waals surface area (Å²) in [5.74, 6) is 0. The highest BCUT2D eigenvalue weighted by molar-refractivity contribution is 9.10. The highest BCUT2D eigenvalue weighted by Gasteiger charge is 1.98. The first-order chi connectivity index (χ1) is 6.79. The lowest BCUT2D eigenvalue weighted by molar-refractivity contribution is 0.182. The molecule has 1 aromatic heterocycles. The van der Waals surface area contributed by atoms with Gasteiger partial charge >= 0.3 is 0 Å². The second-order valence-corrected chi connectivity index (χ2v) is 3.99. The molecule has 0 atom stereocenters. The molecule has 0 bridgehead atoms. The van der Waals surface area contributed by atoms with E-state index in [0.717, 1.165) is 21.1 Å². The molecule has 1 heterocycles. The second-order valence-electron chi connectivity index (χ2n) is 3.07. The van der Waals surface area contributed by atoms with Gasteiger partial charge in [-0.05, 0) is 24.3 Å². The number of hydrogen-bond donors (Lipinski definition) is 0. The Morgan fingerprint density at radius 1 is 1.29 bits per heavy atom. The molecule has 0 N–H and O–H groups in total. The zero-order chi connectivity index (χ0) is 9.97. The Morgan fingerprint density at radius 2 is 2.14 bits per heavy atom. The van der Waals surface area contributed by atoms with Gasteiger partial charge in [-0.3, -0.25) is 4.98 Å². The summed E-state index contributed by atoms with van der Waals surface area (Å²) < 4.78 is 6.10. The van der Waals surface area contributed by atoms with Crippen LogP contribution in [-0.2, 0) is 11.3 Å². The van der Waals surface area contributed by atoms with Gasteiger partial charge in [0, 0.05) is 17.0 Å². The van der Waals surface area contributed by atoms with Gasteiger partial charge in [-0.1, -0.05) is 22.0 Å². The van der Waals surface area contributed by atoms with Crippen LogP contribution in [0.1, 0.15) is 5.69 Å². The summed E-state index contributed by atoms with van der Waals surface area (Å²) >= 11 is 3.43. The molecule has 0 radical (unpaired) electrons. The molecule has 0 amide bonds. The Kier molecular flexibility index (Phi) is 2.79. The van der Waals surface area contributed by atoms with Gasteiger partial charge in [-0.2, -0.15) is 0 Å². The van der Waals surface area contributed by atoms with Crippen LogP contribution in [0.3, 0.4) is 0 Å². The smallest absolute Gasteiger partial charge is 0.0884 e. The first-order valence-corrected chi connectivity index (χ1v) is 5.13. The molecule has 0 aliphatic carbocycles. The summed E-state index contributed by atoms with van der Waals surface area (Å²) in [6, 6.07) is 10.1. The molecular weight excluding hydrogens is 242 g/mol. The fourth-order valence-electron chi connectivity index (χ4n) is 1.37. The molecule has 0 saturated heterocycles. The Balaban J connectivity index is 2.50. The van der Waals surface area contributed by atoms with Crippen molar-refractivity contribution < 1.29 is 4.74 Å². The van der Waals surface area contributed by atoms with E-state index in [9.17, 15) is 0 Å². The zero-order valence-corrected chi connectivity index (χ0v) is 9.41. The van der Waals surface area contributed by atoms with Crippen molar-refractivity contribution in [2.24, 2.45) is 0 Å². The van der Waals surface area contributed by atoms with Gasteiger partial charge in [0.25, 0.3) is 0 Å². The third-order valence-electron chi connectivity index (χ3n) is 2.00. The Hall–Kier alpha value is -0.930. The fourth-order valence-corrected chi connectivity index (χ4v) is 1.75. The molecule has 0 spiro atoms. The van der Waals surface area contributed by atoms with Gasteiger partial charge in [0.15, 0.2) is 0 Å². The Labute approximate surface area is 91.0 Å². The average Bonchev–Trinajstić information content (AvgIpc) is 2.19. The van der Waals surface area contributed by atoms with Gasteiger partial charge in [0.1, 0.15) is 0 Å². The minimum absolute atomic E-state index is 0.562. The molecule has 0 aliphatic rings. The Morgan fingerprint density at radius 3 is 2.93 bits per heavy atom. The number of pyridine rings is 1. The highest BCUT2D eigenvalue weighted by Crippen LogP contribution is 2.18. The molecular formula is C11H10BrNO. The van der Waals surface area contributed by atoms with E-state index in [1.54, 1.807) is 7.11 Å². The minimum Gasteiger partial charge on any atom is -0.378 e. The predicted octanol–water partition coefficient (Wildman–Crippen LogP) is 3.14. The maximum atomic E-state index is 5.03. The largest absolute Gasteiger partial charge is 0.378 e. The number of aromatic nitrogens is 1. The molecule has 0 aliphatic heterocycles. The van der Waals surface area contributed by atoms with Crippen molar-refractivity contribution in [2.75, 3.05) is 7.11 Å². The lowest BCUT2D eigenvalue weighted by Crippen LogP contribution is -1.91.